The number of aromatic nitrogens is 1. The van der Waals surface area contributed by atoms with Gasteiger partial charge < -0.3 is 15.0 Å². The molecule has 0 bridgehead atoms. The van der Waals surface area contributed by atoms with Crippen LogP contribution in [-0.2, 0) is 20.7 Å². The molecule has 1 atom stereocenters. The molecular formula is C18H24N4O4. The average Bonchev–Trinajstić information content (AvgIpc) is 3.00. The van der Waals surface area contributed by atoms with E-state index in [2.05, 4.69) is 21.2 Å². The van der Waals surface area contributed by atoms with Gasteiger partial charge in [0.25, 0.3) is 5.91 Å². The monoisotopic (exact) mass is 360 g/mol. The van der Waals surface area contributed by atoms with Gasteiger partial charge in [0.1, 0.15) is 6.04 Å². The van der Waals surface area contributed by atoms with Gasteiger partial charge in [-0.2, -0.15) is 0 Å². The number of hydrogen-bond acceptors (Lipinski definition) is 4. The van der Waals surface area contributed by atoms with E-state index in [1.807, 2.05) is 24.3 Å². The highest BCUT2D eigenvalue weighted by Crippen LogP contribution is 2.17. The maximum absolute atomic E-state index is 12.2. The number of ether oxygens (including phenoxy) is 1. The fourth-order valence-electron chi connectivity index (χ4n) is 2.54. The van der Waals surface area contributed by atoms with Crippen LogP contribution in [0.3, 0.4) is 0 Å². The van der Waals surface area contributed by atoms with Crippen LogP contribution in [0.1, 0.15) is 26.3 Å². The van der Waals surface area contributed by atoms with E-state index in [0.29, 0.717) is 0 Å². The molecule has 140 valence electrons. The maximum atomic E-state index is 12.2. The first kappa shape index (κ1) is 19.3. The topological polar surface area (TPSA) is 112 Å². The summed E-state index contributed by atoms with van der Waals surface area (Å²) in [5.41, 5.74) is 6.51. The summed E-state index contributed by atoms with van der Waals surface area (Å²) in [7, 11) is 0. The third kappa shape index (κ3) is 4.98. The van der Waals surface area contributed by atoms with Gasteiger partial charge in [-0.1, -0.05) is 32.0 Å². The van der Waals surface area contributed by atoms with E-state index in [4.69, 9.17) is 4.74 Å². The molecule has 0 aliphatic carbocycles. The summed E-state index contributed by atoms with van der Waals surface area (Å²) in [6.45, 7) is 5.45. The number of carbonyl (C=O) groups is 3. The van der Waals surface area contributed by atoms with Crippen LogP contribution in [0, 0.1) is 5.92 Å². The lowest BCUT2D eigenvalue weighted by Gasteiger charge is -2.21. The molecule has 0 spiro atoms. The van der Waals surface area contributed by atoms with E-state index < -0.39 is 18.0 Å². The van der Waals surface area contributed by atoms with Crippen LogP contribution in [0.25, 0.3) is 10.9 Å². The largest absolute Gasteiger partial charge is 0.450 e. The highest BCUT2D eigenvalue weighted by molar-refractivity contribution is 5.91. The van der Waals surface area contributed by atoms with Gasteiger partial charge in [0, 0.05) is 17.1 Å². The summed E-state index contributed by atoms with van der Waals surface area (Å²) >= 11 is 0. The smallest absolute Gasteiger partial charge is 0.407 e. The minimum atomic E-state index is -0.817. The Hall–Kier alpha value is -3.03. The van der Waals surface area contributed by atoms with Crippen LogP contribution in [0.2, 0.25) is 0 Å². The minimum Gasteiger partial charge on any atom is -0.450 e. The number of amides is 3. The van der Waals surface area contributed by atoms with Crippen molar-refractivity contribution in [1.82, 2.24) is 21.2 Å². The lowest BCUT2D eigenvalue weighted by atomic mass is 10.0. The SMILES string of the molecule is CCOC(=O)NC(C(=O)NNC(=O)Cc1c[nH]c2ccccc12)C(C)C. The zero-order valence-corrected chi connectivity index (χ0v) is 15.1. The number of H-pyrrole nitrogens is 1. The number of benzene rings is 1. The van der Waals surface area contributed by atoms with Crippen LogP contribution in [0.15, 0.2) is 30.5 Å². The molecule has 0 aliphatic rings. The molecule has 3 amide bonds. The Kier molecular flexibility index (Phi) is 6.60. The Morgan fingerprint density at radius 1 is 1.15 bits per heavy atom. The van der Waals surface area contributed by atoms with Crippen LogP contribution >= 0.6 is 0 Å². The van der Waals surface area contributed by atoms with Crippen LogP contribution in [-0.4, -0.2) is 35.5 Å². The fourth-order valence-corrected chi connectivity index (χ4v) is 2.54. The maximum Gasteiger partial charge on any atom is 0.407 e. The van der Waals surface area contributed by atoms with Gasteiger partial charge in [-0.05, 0) is 24.5 Å². The van der Waals surface area contributed by atoms with Gasteiger partial charge >= 0.3 is 6.09 Å². The third-order valence-corrected chi connectivity index (χ3v) is 3.85. The van der Waals surface area contributed by atoms with Crippen LogP contribution in [0.4, 0.5) is 4.79 Å². The molecule has 26 heavy (non-hydrogen) atoms. The van der Waals surface area contributed by atoms with Crippen molar-refractivity contribution in [1.29, 1.82) is 0 Å². The number of hydrazine groups is 1. The van der Waals surface area contributed by atoms with Crippen molar-refractivity contribution in [3.8, 4) is 0 Å². The van der Waals surface area contributed by atoms with Crippen molar-refractivity contribution in [3.05, 3.63) is 36.0 Å². The predicted molar refractivity (Wildman–Crippen MR) is 97.1 cm³/mol. The standard InChI is InChI=1S/C18H24N4O4/c1-4-26-18(25)20-16(11(2)3)17(24)22-21-15(23)9-12-10-19-14-8-6-5-7-13(12)14/h5-8,10-11,16,19H,4,9H2,1-3H3,(H,20,25)(H,21,23)(H,22,24). The van der Waals surface area contributed by atoms with Crippen LogP contribution in [0.5, 0.6) is 0 Å². The molecule has 2 rings (SSSR count). The Balaban J connectivity index is 1.90. The first-order valence-electron chi connectivity index (χ1n) is 8.49. The molecule has 1 aromatic heterocycles. The summed E-state index contributed by atoms with van der Waals surface area (Å²) < 4.78 is 4.79. The van der Waals surface area contributed by atoms with Gasteiger partial charge in [-0.15, -0.1) is 0 Å². The van der Waals surface area contributed by atoms with Crippen molar-refractivity contribution in [2.75, 3.05) is 6.61 Å². The highest BCUT2D eigenvalue weighted by Gasteiger charge is 2.25. The quantitative estimate of drug-likeness (QED) is 0.587. The predicted octanol–water partition coefficient (Wildman–Crippen LogP) is 1.63. The molecule has 1 unspecified atom stereocenters. The molecule has 8 nitrogen and oxygen atoms in total. The Morgan fingerprint density at radius 2 is 1.88 bits per heavy atom. The van der Waals surface area contributed by atoms with E-state index in [-0.39, 0.29) is 24.9 Å². The van der Waals surface area contributed by atoms with E-state index in [1.165, 1.54) is 0 Å². The molecule has 4 N–H and O–H groups in total. The number of alkyl carbamates (subject to hydrolysis) is 1. The molecule has 8 heteroatoms. The number of nitrogens with one attached hydrogen (secondary N) is 4. The van der Waals surface area contributed by atoms with Gasteiger partial charge in [-0.25, -0.2) is 4.79 Å². The van der Waals surface area contributed by atoms with Gasteiger partial charge in [0.15, 0.2) is 0 Å². The van der Waals surface area contributed by atoms with E-state index in [9.17, 15) is 14.4 Å². The molecule has 0 saturated carbocycles. The lowest BCUT2D eigenvalue weighted by Crippen LogP contribution is -2.54. The number of hydrogen-bond donors (Lipinski definition) is 4. The molecule has 1 aromatic carbocycles. The summed E-state index contributed by atoms with van der Waals surface area (Å²) in [4.78, 5) is 39.0. The first-order chi connectivity index (χ1) is 12.4. The van der Waals surface area contributed by atoms with Crippen LogP contribution < -0.4 is 16.2 Å². The number of aromatic amines is 1. The second-order valence-corrected chi connectivity index (χ2v) is 6.16. The second kappa shape index (κ2) is 8.89. The fraction of sp³-hybridized carbons (Fsp3) is 0.389. The zero-order valence-electron chi connectivity index (χ0n) is 15.1. The van der Waals surface area contributed by atoms with Crippen molar-refractivity contribution in [2.45, 2.75) is 33.2 Å². The Bertz CT molecular complexity index is 784. The first-order valence-corrected chi connectivity index (χ1v) is 8.49. The van der Waals surface area contributed by atoms with Gasteiger partial charge in [0.05, 0.1) is 13.0 Å². The molecule has 0 aliphatic heterocycles. The van der Waals surface area contributed by atoms with Crippen molar-refractivity contribution in [3.63, 3.8) is 0 Å². The molecule has 0 fully saturated rings. The summed E-state index contributed by atoms with van der Waals surface area (Å²) in [6, 6.07) is 6.83. The minimum absolute atomic E-state index is 0.113. The van der Waals surface area contributed by atoms with Gasteiger partial charge in [0.2, 0.25) is 5.91 Å². The van der Waals surface area contributed by atoms with Crippen molar-refractivity contribution >= 4 is 28.8 Å². The lowest BCUT2D eigenvalue weighted by molar-refractivity contribution is -0.130. The molecule has 0 radical (unpaired) electrons. The van der Waals surface area contributed by atoms with E-state index in [0.717, 1.165) is 16.5 Å². The average molecular weight is 360 g/mol. The zero-order chi connectivity index (χ0) is 19.1. The highest BCUT2D eigenvalue weighted by atomic mass is 16.5. The van der Waals surface area contributed by atoms with Gasteiger partial charge in [-0.3, -0.25) is 20.4 Å². The Labute approximate surface area is 151 Å². The van der Waals surface area contributed by atoms with E-state index in [1.54, 1.807) is 27.0 Å². The summed E-state index contributed by atoms with van der Waals surface area (Å²) in [6.07, 6.45) is 1.21. The molecule has 0 saturated heterocycles. The molecule has 2 aromatic rings. The normalized spacial score (nSPS) is 11.8. The molecular weight excluding hydrogens is 336 g/mol. The summed E-state index contributed by atoms with van der Waals surface area (Å²) in [5.74, 6) is -1.05. The number of rotatable bonds is 6. The second-order valence-electron chi connectivity index (χ2n) is 6.16. The number of fused-ring (bicyclic) bond motifs is 1. The number of carbonyl (C=O) groups excluding carboxylic acids is 3. The third-order valence-electron chi connectivity index (χ3n) is 3.85. The number of para-hydroxylation sites is 1. The molecule has 1 heterocycles. The summed E-state index contributed by atoms with van der Waals surface area (Å²) in [5, 5.41) is 3.44. The van der Waals surface area contributed by atoms with Crippen molar-refractivity contribution in [2.24, 2.45) is 5.92 Å². The van der Waals surface area contributed by atoms with E-state index >= 15 is 0 Å². The Morgan fingerprint density at radius 3 is 2.58 bits per heavy atom. The van der Waals surface area contributed by atoms with Crippen molar-refractivity contribution < 1.29 is 19.1 Å².